The molecule has 1 heterocycles. The first-order valence-corrected chi connectivity index (χ1v) is 10.7. The number of rotatable bonds is 3. The first-order valence-electron chi connectivity index (χ1n) is 9.29. The van der Waals surface area contributed by atoms with Gasteiger partial charge in [-0.15, -0.1) is 0 Å². The normalized spacial score (nSPS) is 13.9. The summed E-state index contributed by atoms with van der Waals surface area (Å²) in [5.41, 5.74) is 2.55. The van der Waals surface area contributed by atoms with E-state index in [0.29, 0.717) is 33.2 Å². The van der Waals surface area contributed by atoms with Gasteiger partial charge in [0.15, 0.2) is 0 Å². The fourth-order valence-electron chi connectivity index (χ4n) is 3.82. The smallest absolute Gasteiger partial charge is 0.268 e. The summed E-state index contributed by atoms with van der Waals surface area (Å²) in [6.07, 6.45) is 2.82. The molecule has 1 aliphatic rings. The molecule has 1 aromatic heterocycles. The minimum absolute atomic E-state index is 0.168. The molecule has 1 aliphatic carbocycles. The number of Topliss-reactive ketones (excluding diaryl/α,β-unsaturated/α-hetero) is 1. The van der Waals surface area contributed by atoms with E-state index in [1.165, 1.54) is 16.2 Å². The van der Waals surface area contributed by atoms with Crippen LogP contribution in [0.4, 0.5) is 0 Å². The third-order valence-corrected chi connectivity index (χ3v) is 6.92. The van der Waals surface area contributed by atoms with Crippen LogP contribution in [0.2, 0.25) is 0 Å². The largest absolute Gasteiger partial charge is 0.286 e. The topological polar surface area (TPSA) is 73.2 Å². The molecule has 6 heteroatoms. The standard InChI is InChI=1S/C24H15NO4S/c26-23-14-20(17-10-4-5-12-19(17)24(23)27)21-15-25(22-13-7-6-11-18(21)22)30(28,29)16-8-2-1-3-9-16/h1-15H. The van der Waals surface area contributed by atoms with Crippen LogP contribution < -0.4 is 0 Å². The van der Waals surface area contributed by atoms with E-state index in [9.17, 15) is 18.0 Å². The van der Waals surface area contributed by atoms with Gasteiger partial charge in [0.25, 0.3) is 10.0 Å². The number of nitrogens with zero attached hydrogens (tertiary/aromatic N) is 1. The van der Waals surface area contributed by atoms with Gasteiger partial charge in [0.2, 0.25) is 11.6 Å². The minimum atomic E-state index is -3.85. The van der Waals surface area contributed by atoms with E-state index in [1.807, 2.05) is 12.1 Å². The molecule has 0 N–H and O–H groups in total. The third-order valence-electron chi connectivity index (χ3n) is 5.23. The van der Waals surface area contributed by atoms with Crippen LogP contribution in [0.3, 0.4) is 0 Å². The van der Waals surface area contributed by atoms with Crippen molar-refractivity contribution < 1.29 is 18.0 Å². The molecule has 0 aliphatic heterocycles. The van der Waals surface area contributed by atoms with Gasteiger partial charge in [0, 0.05) is 22.7 Å². The number of ketones is 2. The van der Waals surface area contributed by atoms with Gasteiger partial charge in [-0.2, -0.15) is 0 Å². The highest BCUT2D eigenvalue weighted by molar-refractivity contribution is 7.90. The maximum absolute atomic E-state index is 13.3. The van der Waals surface area contributed by atoms with Crippen molar-refractivity contribution in [2.24, 2.45) is 0 Å². The van der Waals surface area contributed by atoms with Gasteiger partial charge < -0.3 is 0 Å². The van der Waals surface area contributed by atoms with Crippen LogP contribution in [0.15, 0.2) is 96.0 Å². The summed E-state index contributed by atoms with van der Waals surface area (Å²) < 4.78 is 27.9. The highest BCUT2D eigenvalue weighted by Gasteiger charge is 2.29. The number of allylic oxidation sites excluding steroid dienone is 1. The van der Waals surface area contributed by atoms with Crippen molar-refractivity contribution in [3.05, 3.63) is 108 Å². The van der Waals surface area contributed by atoms with Gasteiger partial charge in [-0.05, 0) is 35.4 Å². The summed E-state index contributed by atoms with van der Waals surface area (Å²) in [5, 5.41) is 0.681. The van der Waals surface area contributed by atoms with E-state index >= 15 is 0 Å². The second kappa shape index (κ2) is 6.64. The molecule has 0 spiro atoms. The number of hydrogen-bond donors (Lipinski definition) is 0. The highest BCUT2D eigenvalue weighted by Crippen LogP contribution is 2.36. The van der Waals surface area contributed by atoms with Gasteiger partial charge in [-0.1, -0.05) is 60.7 Å². The predicted molar refractivity (Wildman–Crippen MR) is 114 cm³/mol. The maximum Gasteiger partial charge on any atom is 0.268 e. The van der Waals surface area contributed by atoms with E-state index in [4.69, 9.17) is 0 Å². The summed E-state index contributed by atoms with van der Waals surface area (Å²) in [7, 11) is -3.85. The van der Waals surface area contributed by atoms with Crippen LogP contribution >= 0.6 is 0 Å². The second-order valence-electron chi connectivity index (χ2n) is 6.97. The Labute approximate surface area is 172 Å². The number of benzene rings is 3. The van der Waals surface area contributed by atoms with Crippen molar-refractivity contribution >= 4 is 38.1 Å². The number of carbonyl (C=O) groups is 2. The van der Waals surface area contributed by atoms with E-state index in [0.717, 1.165) is 0 Å². The number of hydrogen-bond acceptors (Lipinski definition) is 4. The number of aromatic nitrogens is 1. The van der Waals surface area contributed by atoms with Gasteiger partial charge >= 0.3 is 0 Å². The van der Waals surface area contributed by atoms with Crippen molar-refractivity contribution in [1.82, 2.24) is 3.97 Å². The van der Waals surface area contributed by atoms with E-state index in [2.05, 4.69) is 0 Å². The first-order chi connectivity index (χ1) is 14.5. The number of carbonyl (C=O) groups excluding carboxylic acids is 2. The van der Waals surface area contributed by atoms with Crippen LogP contribution in [0.1, 0.15) is 21.5 Å². The van der Waals surface area contributed by atoms with Crippen LogP contribution in [0.5, 0.6) is 0 Å². The Morgan fingerprint density at radius 1 is 0.667 bits per heavy atom. The molecular formula is C24H15NO4S. The summed E-state index contributed by atoms with van der Waals surface area (Å²) >= 11 is 0. The Morgan fingerprint density at radius 3 is 2.07 bits per heavy atom. The van der Waals surface area contributed by atoms with E-state index in [1.54, 1.807) is 66.7 Å². The van der Waals surface area contributed by atoms with E-state index < -0.39 is 21.6 Å². The molecule has 146 valence electrons. The quantitative estimate of drug-likeness (QED) is 0.475. The highest BCUT2D eigenvalue weighted by atomic mass is 32.2. The third kappa shape index (κ3) is 2.65. The second-order valence-corrected chi connectivity index (χ2v) is 8.79. The molecule has 0 radical (unpaired) electrons. The molecule has 5 rings (SSSR count). The molecule has 0 fully saturated rings. The molecule has 0 unspecified atom stereocenters. The van der Waals surface area contributed by atoms with Crippen LogP contribution in [-0.2, 0) is 14.8 Å². The van der Waals surface area contributed by atoms with Crippen LogP contribution in [0, 0.1) is 0 Å². The van der Waals surface area contributed by atoms with Gasteiger partial charge in [0.1, 0.15) is 0 Å². The lowest BCUT2D eigenvalue weighted by Gasteiger charge is -2.15. The van der Waals surface area contributed by atoms with Gasteiger partial charge in [-0.25, -0.2) is 12.4 Å². The number of fused-ring (bicyclic) bond motifs is 2. The zero-order valence-corrected chi connectivity index (χ0v) is 16.5. The van der Waals surface area contributed by atoms with Crippen LogP contribution in [-0.4, -0.2) is 24.0 Å². The van der Waals surface area contributed by atoms with Crippen molar-refractivity contribution in [2.75, 3.05) is 0 Å². The summed E-state index contributed by atoms with van der Waals surface area (Å²) in [6.45, 7) is 0. The molecule has 0 saturated carbocycles. The zero-order valence-electron chi connectivity index (χ0n) is 15.6. The molecule has 0 saturated heterocycles. The van der Waals surface area contributed by atoms with Gasteiger partial charge in [0.05, 0.1) is 10.4 Å². The Bertz CT molecular complexity index is 1480. The summed E-state index contributed by atoms with van der Waals surface area (Å²) in [4.78, 5) is 24.8. The first kappa shape index (κ1) is 18.3. The van der Waals surface area contributed by atoms with Crippen molar-refractivity contribution in [1.29, 1.82) is 0 Å². The molecule has 0 atom stereocenters. The average Bonchev–Trinajstić information content (AvgIpc) is 3.17. The molecule has 3 aromatic carbocycles. The SMILES string of the molecule is O=C1C=C(c2cn(S(=O)(=O)c3ccccc3)c3ccccc23)c2ccccc2C1=O. The summed E-state index contributed by atoms with van der Waals surface area (Å²) in [5.74, 6) is -1.18. The van der Waals surface area contributed by atoms with Crippen LogP contribution in [0.25, 0.3) is 16.5 Å². The fourth-order valence-corrected chi connectivity index (χ4v) is 5.21. The molecule has 30 heavy (non-hydrogen) atoms. The Hall–Kier alpha value is -3.77. The monoisotopic (exact) mass is 413 g/mol. The lowest BCUT2D eigenvalue weighted by molar-refractivity contribution is -0.111. The maximum atomic E-state index is 13.3. The molecular weight excluding hydrogens is 398 g/mol. The molecule has 0 bridgehead atoms. The summed E-state index contributed by atoms with van der Waals surface area (Å²) in [6, 6.07) is 22.2. The van der Waals surface area contributed by atoms with Crippen molar-refractivity contribution in [3.8, 4) is 0 Å². The van der Waals surface area contributed by atoms with Crippen molar-refractivity contribution in [2.45, 2.75) is 4.90 Å². The predicted octanol–water partition coefficient (Wildman–Crippen LogP) is 4.08. The van der Waals surface area contributed by atoms with E-state index in [-0.39, 0.29) is 4.90 Å². The Morgan fingerprint density at radius 2 is 1.30 bits per heavy atom. The average molecular weight is 413 g/mol. The molecule has 5 nitrogen and oxygen atoms in total. The molecule has 0 amide bonds. The lowest BCUT2D eigenvalue weighted by Crippen LogP contribution is -2.18. The van der Waals surface area contributed by atoms with Crippen molar-refractivity contribution in [3.63, 3.8) is 0 Å². The Balaban J connectivity index is 1.80. The van der Waals surface area contributed by atoms with Gasteiger partial charge in [-0.3, -0.25) is 9.59 Å². The number of para-hydroxylation sites is 1. The minimum Gasteiger partial charge on any atom is -0.286 e. The lowest BCUT2D eigenvalue weighted by atomic mass is 9.85. The Kier molecular flexibility index (Phi) is 4.04. The zero-order chi connectivity index (χ0) is 20.9. The fraction of sp³-hybridized carbons (Fsp3) is 0. The molecule has 4 aromatic rings.